The largest absolute Gasteiger partial charge is 0.416 e. The Kier molecular flexibility index (Phi) is 5.27. The number of rotatable bonds is 3. The van der Waals surface area contributed by atoms with Gasteiger partial charge in [-0.25, -0.2) is 0 Å². The molecule has 0 saturated carbocycles. The second-order valence-electron chi connectivity index (χ2n) is 5.51. The van der Waals surface area contributed by atoms with Crippen LogP contribution >= 0.6 is 0 Å². The van der Waals surface area contributed by atoms with Crippen molar-refractivity contribution in [3.05, 3.63) is 77.5 Å². The lowest BCUT2D eigenvalue weighted by molar-refractivity contribution is -0.137. The zero-order chi connectivity index (χ0) is 19.3. The van der Waals surface area contributed by atoms with Crippen LogP contribution in [0.4, 0.5) is 13.2 Å². The van der Waals surface area contributed by atoms with Gasteiger partial charge in [0.25, 0.3) is 5.91 Å². The summed E-state index contributed by atoms with van der Waals surface area (Å²) in [7, 11) is 0. The standard InChI is InChI=1S/C20H13F3N2O2/c21-20(22,23)16-10-4-6-14(12-16)7-5-11-24-19(26)17-13-18(27-25-17)15-8-2-1-3-9-15/h1-4,6,8-10,12-13H,11H2,(H,24,26). The van der Waals surface area contributed by atoms with E-state index in [2.05, 4.69) is 22.3 Å². The highest BCUT2D eigenvalue weighted by molar-refractivity contribution is 5.93. The number of hydrogen-bond acceptors (Lipinski definition) is 3. The Morgan fingerprint density at radius 1 is 1.07 bits per heavy atom. The molecule has 1 amide bonds. The van der Waals surface area contributed by atoms with Crippen LogP contribution in [0.5, 0.6) is 0 Å². The summed E-state index contributed by atoms with van der Waals surface area (Å²) in [5.41, 5.74) is 0.323. The molecule has 0 fully saturated rings. The van der Waals surface area contributed by atoms with E-state index < -0.39 is 17.6 Å². The van der Waals surface area contributed by atoms with Crippen molar-refractivity contribution in [2.75, 3.05) is 6.54 Å². The van der Waals surface area contributed by atoms with Crippen molar-refractivity contribution in [3.8, 4) is 23.2 Å². The molecular weight excluding hydrogens is 357 g/mol. The van der Waals surface area contributed by atoms with Crippen molar-refractivity contribution in [1.82, 2.24) is 10.5 Å². The van der Waals surface area contributed by atoms with Crippen molar-refractivity contribution < 1.29 is 22.5 Å². The first-order valence-corrected chi connectivity index (χ1v) is 7.90. The van der Waals surface area contributed by atoms with Crippen molar-refractivity contribution in [2.45, 2.75) is 6.18 Å². The van der Waals surface area contributed by atoms with Gasteiger partial charge in [-0.1, -0.05) is 53.4 Å². The second kappa shape index (κ2) is 7.79. The van der Waals surface area contributed by atoms with E-state index in [1.807, 2.05) is 30.3 Å². The fourth-order valence-electron chi connectivity index (χ4n) is 2.26. The Hall–Kier alpha value is -3.53. The normalized spacial score (nSPS) is 10.8. The minimum atomic E-state index is -4.42. The average molecular weight is 370 g/mol. The zero-order valence-electron chi connectivity index (χ0n) is 13.9. The van der Waals surface area contributed by atoms with E-state index in [1.54, 1.807) is 0 Å². The number of nitrogens with one attached hydrogen (secondary N) is 1. The number of alkyl halides is 3. The molecular formula is C20H13F3N2O2. The zero-order valence-corrected chi connectivity index (χ0v) is 13.9. The number of halogens is 3. The molecule has 136 valence electrons. The highest BCUT2D eigenvalue weighted by atomic mass is 19.4. The number of amides is 1. The van der Waals surface area contributed by atoms with Gasteiger partial charge >= 0.3 is 6.18 Å². The lowest BCUT2D eigenvalue weighted by Gasteiger charge is -2.05. The molecule has 0 atom stereocenters. The number of nitrogens with zero attached hydrogens (tertiary/aromatic N) is 1. The molecule has 1 N–H and O–H groups in total. The third-order valence-corrected chi connectivity index (χ3v) is 3.56. The molecule has 0 bridgehead atoms. The topological polar surface area (TPSA) is 55.1 Å². The maximum Gasteiger partial charge on any atom is 0.416 e. The first-order chi connectivity index (χ1) is 12.9. The SMILES string of the molecule is O=C(NCC#Cc1cccc(C(F)(F)F)c1)c1cc(-c2ccccc2)on1. The fraction of sp³-hybridized carbons (Fsp3) is 0.100. The van der Waals surface area contributed by atoms with Crippen LogP contribution in [0.25, 0.3) is 11.3 Å². The molecule has 27 heavy (non-hydrogen) atoms. The first-order valence-electron chi connectivity index (χ1n) is 7.90. The number of hydrogen-bond donors (Lipinski definition) is 1. The minimum Gasteiger partial charge on any atom is -0.355 e. The van der Waals surface area contributed by atoms with Crippen LogP contribution in [0.1, 0.15) is 21.6 Å². The van der Waals surface area contributed by atoms with Gasteiger partial charge in [-0.15, -0.1) is 0 Å². The predicted molar refractivity (Wildman–Crippen MR) is 92.6 cm³/mol. The molecule has 0 aliphatic rings. The van der Waals surface area contributed by atoms with Crippen LogP contribution in [0.15, 0.2) is 65.2 Å². The van der Waals surface area contributed by atoms with Gasteiger partial charge in [0.05, 0.1) is 12.1 Å². The third kappa shape index (κ3) is 4.76. The van der Waals surface area contributed by atoms with Crippen LogP contribution in [0.3, 0.4) is 0 Å². The van der Waals surface area contributed by atoms with Crippen LogP contribution in [0.2, 0.25) is 0 Å². The summed E-state index contributed by atoms with van der Waals surface area (Å²) in [5, 5.41) is 6.23. The maximum atomic E-state index is 12.7. The van der Waals surface area contributed by atoms with Gasteiger partial charge in [0.2, 0.25) is 0 Å². The Morgan fingerprint density at radius 3 is 2.59 bits per heavy atom. The second-order valence-corrected chi connectivity index (χ2v) is 5.51. The maximum absolute atomic E-state index is 12.7. The van der Waals surface area contributed by atoms with Gasteiger partial charge in [-0.2, -0.15) is 13.2 Å². The highest BCUT2D eigenvalue weighted by Crippen LogP contribution is 2.29. The van der Waals surface area contributed by atoms with Crippen molar-refractivity contribution in [2.24, 2.45) is 0 Å². The van der Waals surface area contributed by atoms with Crippen LogP contribution < -0.4 is 5.32 Å². The molecule has 0 unspecified atom stereocenters. The summed E-state index contributed by atoms with van der Waals surface area (Å²) in [5.74, 6) is 5.17. The number of carbonyl (C=O) groups is 1. The minimum absolute atomic E-state index is 0.0391. The summed E-state index contributed by atoms with van der Waals surface area (Å²) in [6.45, 7) is -0.0391. The molecule has 2 aromatic carbocycles. The molecule has 0 aliphatic carbocycles. The number of aromatic nitrogens is 1. The molecule has 0 aliphatic heterocycles. The Balaban J connectivity index is 1.60. The van der Waals surface area contributed by atoms with Crippen molar-refractivity contribution >= 4 is 5.91 Å². The molecule has 4 nitrogen and oxygen atoms in total. The third-order valence-electron chi connectivity index (χ3n) is 3.56. The van der Waals surface area contributed by atoms with E-state index >= 15 is 0 Å². The quantitative estimate of drug-likeness (QED) is 0.705. The van der Waals surface area contributed by atoms with Crippen LogP contribution in [0, 0.1) is 11.8 Å². The van der Waals surface area contributed by atoms with Gasteiger partial charge in [0.1, 0.15) is 0 Å². The van der Waals surface area contributed by atoms with Crippen molar-refractivity contribution in [1.29, 1.82) is 0 Å². The molecule has 0 saturated heterocycles. The average Bonchev–Trinajstić information content (AvgIpc) is 3.16. The molecule has 7 heteroatoms. The van der Waals surface area contributed by atoms with Gasteiger partial charge in [0, 0.05) is 17.2 Å². The molecule has 0 spiro atoms. The molecule has 0 radical (unpaired) electrons. The lowest BCUT2D eigenvalue weighted by Crippen LogP contribution is -2.23. The molecule has 3 rings (SSSR count). The molecule has 3 aromatic rings. The monoisotopic (exact) mass is 370 g/mol. The van der Waals surface area contributed by atoms with E-state index in [0.29, 0.717) is 5.76 Å². The Morgan fingerprint density at radius 2 is 1.85 bits per heavy atom. The van der Waals surface area contributed by atoms with Gasteiger partial charge in [0.15, 0.2) is 11.5 Å². The molecule has 1 heterocycles. The van der Waals surface area contributed by atoms with E-state index in [-0.39, 0.29) is 17.8 Å². The summed E-state index contributed by atoms with van der Waals surface area (Å²) in [4.78, 5) is 12.0. The van der Waals surface area contributed by atoms with E-state index in [9.17, 15) is 18.0 Å². The van der Waals surface area contributed by atoms with Crippen LogP contribution in [-0.2, 0) is 6.18 Å². The first kappa shape index (κ1) is 18.3. The Labute approximate surface area is 153 Å². The Bertz CT molecular complexity index is 999. The van der Waals surface area contributed by atoms with Gasteiger partial charge < -0.3 is 9.84 Å². The summed E-state index contributed by atoms with van der Waals surface area (Å²) in [6.07, 6.45) is -4.42. The number of benzene rings is 2. The van der Waals surface area contributed by atoms with E-state index in [1.165, 1.54) is 18.2 Å². The van der Waals surface area contributed by atoms with Crippen molar-refractivity contribution in [3.63, 3.8) is 0 Å². The highest BCUT2D eigenvalue weighted by Gasteiger charge is 2.30. The smallest absolute Gasteiger partial charge is 0.355 e. The van der Waals surface area contributed by atoms with E-state index in [4.69, 9.17) is 4.52 Å². The molecule has 1 aromatic heterocycles. The summed E-state index contributed by atoms with van der Waals surface area (Å²) >= 11 is 0. The summed E-state index contributed by atoms with van der Waals surface area (Å²) in [6, 6.07) is 15.4. The lowest BCUT2D eigenvalue weighted by atomic mass is 10.1. The van der Waals surface area contributed by atoms with Gasteiger partial charge in [-0.3, -0.25) is 4.79 Å². The fourth-order valence-corrected chi connectivity index (χ4v) is 2.26. The number of carbonyl (C=O) groups excluding carboxylic acids is 1. The predicted octanol–water partition coefficient (Wildman–Crippen LogP) is 4.14. The van der Waals surface area contributed by atoms with Crippen LogP contribution in [-0.4, -0.2) is 17.6 Å². The van der Waals surface area contributed by atoms with Gasteiger partial charge in [-0.05, 0) is 18.2 Å². The summed E-state index contributed by atoms with van der Waals surface area (Å²) < 4.78 is 43.1. The van der Waals surface area contributed by atoms with E-state index in [0.717, 1.165) is 17.7 Å².